The van der Waals surface area contributed by atoms with E-state index in [1.807, 2.05) is 0 Å². The van der Waals surface area contributed by atoms with Gasteiger partial charge in [0.2, 0.25) is 0 Å². The predicted molar refractivity (Wildman–Crippen MR) is 154 cm³/mol. The number of carboxylic acids is 1. The Balaban J connectivity index is 1.75. The molecular weight excluding hydrogens is 531 g/mol. The summed E-state index contributed by atoms with van der Waals surface area (Å²) in [6.07, 6.45) is -2.32. The van der Waals surface area contributed by atoms with E-state index in [1.165, 1.54) is 11.1 Å². The summed E-state index contributed by atoms with van der Waals surface area (Å²) >= 11 is 0. The normalized spacial score (nSPS) is 20.2. The first kappa shape index (κ1) is 32.2. The molecule has 5 nitrogen and oxygen atoms in total. The summed E-state index contributed by atoms with van der Waals surface area (Å²) in [5.41, 5.74) is 3.54. The Kier molecular flexibility index (Phi) is 10.3. The number of carbonyl (C=O) groups is 2. The Morgan fingerprint density at radius 3 is 2.24 bits per heavy atom. The molecule has 3 unspecified atom stereocenters. The van der Waals surface area contributed by atoms with E-state index in [1.54, 1.807) is 24.3 Å². The molecule has 0 fully saturated rings. The van der Waals surface area contributed by atoms with Gasteiger partial charge in [-0.2, -0.15) is 13.2 Å². The smallest absolute Gasteiger partial charge is 0.389 e. The van der Waals surface area contributed by atoms with Crippen LogP contribution >= 0.6 is 0 Å². The van der Waals surface area contributed by atoms with Gasteiger partial charge in [-0.05, 0) is 70.9 Å². The number of hydrogen-bond donors (Lipinski definition) is 2. The van der Waals surface area contributed by atoms with Crippen molar-refractivity contribution >= 4 is 11.9 Å². The minimum absolute atomic E-state index is 0.00505. The van der Waals surface area contributed by atoms with Gasteiger partial charge in [0.15, 0.2) is 0 Å². The quantitative estimate of drug-likeness (QED) is 0.284. The Bertz CT molecular complexity index is 1210. The highest BCUT2D eigenvalue weighted by atomic mass is 19.4. The van der Waals surface area contributed by atoms with Crippen LogP contribution in [0.5, 0.6) is 0 Å². The lowest BCUT2D eigenvalue weighted by atomic mass is 9.66. The van der Waals surface area contributed by atoms with Gasteiger partial charge in [0.1, 0.15) is 6.10 Å². The van der Waals surface area contributed by atoms with E-state index in [4.69, 9.17) is 9.84 Å². The third kappa shape index (κ3) is 9.10. The molecule has 3 rings (SSSR count). The van der Waals surface area contributed by atoms with Crippen LogP contribution in [0.3, 0.4) is 0 Å². The predicted octanol–water partition coefficient (Wildman–Crippen LogP) is 8.25. The summed E-state index contributed by atoms with van der Waals surface area (Å²) in [5.74, 6) is -0.403. The van der Waals surface area contributed by atoms with Gasteiger partial charge < -0.3 is 15.2 Å². The molecule has 1 amide bonds. The van der Waals surface area contributed by atoms with Crippen molar-refractivity contribution in [3.05, 3.63) is 82.6 Å². The van der Waals surface area contributed by atoms with Crippen molar-refractivity contribution in [3.63, 3.8) is 0 Å². The number of aliphatic carboxylic acids is 1. The molecule has 41 heavy (non-hydrogen) atoms. The number of halogens is 3. The van der Waals surface area contributed by atoms with Crippen molar-refractivity contribution in [1.29, 1.82) is 0 Å². The van der Waals surface area contributed by atoms with Crippen LogP contribution < -0.4 is 5.32 Å². The molecule has 1 aliphatic rings. The molecule has 3 atom stereocenters. The Labute approximate surface area is 241 Å². The first-order valence-electron chi connectivity index (χ1n) is 14.2. The molecule has 0 aliphatic heterocycles. The second-order valence-electron chi connectivity index (χ2n) is 12.4. The van der Waals surface area contributed by atoms with E-state index in [9.17, 15) is 22.8 Å². The van der Waals surface area contributed by atoms with Gasteiger partial charge in [-0.15, -0.1) is 0 Å². The number of alkyl halides is 3. The molecular formula is C33H42F3NO4. The SMILES string of the molecule is CC1CC(OC(CCCC(F)(F)F)c2ccc(C(=O)NCCC(=O)O)cc2)=CCC1(C)c1ccc(C(C)(C)C)cc1. The number of carboxylic acid groups (broad SMARTS) is 1. The van der Waals surface area contributed by atoms with Crippen molar-refractivity contribution in [1.82, 2.24) is 5.32 Å². The van der Waals surface area contributed by atoms with Crippen LogP contribution in [0.15, 0.2) is 60.4 Å². The topological polar surface area (TPSA) is 75.6 Å². The molecule has 0 saturated carbocycles. The van der Waals surface area contributed by atoms with E-state index in [0.717, 1.165) is 12.2 Å². The fourth-order valence-electron chi connectivity index (χ4n) is 5.19. The van der Waals surface area contributed by atoms with Gasteiger partial charge in [-0.25, -0.2) is 0 Å². The van der Waals surface area contributed by atoms with Crippen LogP contribution in [-0.4, -0.2) is 29.7 Å². The Morgan fingerprint density at radius 1 is 1.07 bits per heavy atom. The summed E-state index contributed by atoms with van der Waals surface area (Å²) in [4.78, 5) is 23.0. The summed E-state index contributed by atoms with van der Waals surface area (Å²) in [6, 6.07) is 15.3. The maximum atomic E-state index is 12.9. The summed E-state index contributed by atoms with van der Waals surface area (Å²) in [7, 11) is 0. The molecule has 8 heteroatoms. The zero-order chi connectivity index (χ0) is 30.4. The lowest BCUT2D eigenvalue weighted by molar-refractivity contribution is -0.137. The van der Waals surface area contributed by atoms with Crippen LogP contribution in [0.4, 0.5) is 13.2 Å². The van der Waals surface area contributed by atoms with E-state index in [2.05, 4.69) is 70.3 Å². The maximum Gasteiger partial charge on any atom is 0.389 e. The number of ether oxygens (including phenoxy) is 1. The summed E-state index contributed by atoms with van der Waals surface area (Å²) in [5, 5.41) is 11.3. The van der Waals surface area contributed by atoms with Crippen molar-refractivity contribution in [3.8, 4) is 0 Å². The molecule has 0 heterocycles. The molecule has 2 aromatic rings. The third-order valence-electron chi connectivity index (χ3n) is 8.15. The lowest BCUT2D eigenvalue weighted by Crippen LogP contribution is -2.33. The van der Waals surface area contributed by atoms with Gasteiger partial charge in [-0.3, -0.25) is 9.59 Å². The standard InChI is InChI=1S/C33H42F3NO4/c1-22-21-27(16-19-32(22,5)26-14-12-25(13-15-26)31(2,3)4)41-28(7-6-18-33(34,35)36)23-8-10-24(11-9-23)30(40)37-20-17-29(38)39/h8-16,22,28H,6-7,17-21H2,1-5H3,(H,37,40)(H,38,39). The van der Waals surface area contributed by atoms with Crippen molar-refractivity contribution in [2.75, 3.05) is 6.54 Å². The fraction of sp³-hybridized carbons (Fsp3) is 0.515. The number of allylic oxidation sites excluding steroid dienone is 2. The van der Waals surface area contributed by atoms with Crippen LogP contribution in [0.2, 0.25) is 0 Å². The van der Waals surface area contributed by atoms with Crippen molar-refractivity contribution in [2.24, 2.45) is 5.92 Å². The zero-order valence-corrected chi connectivity index (χ0v) is 24.6. The molecule has 2 aromatic carbocycles. The summed E-state index contributed by atoms with van der Waals surface area (Å²) in [6.45, 7) is 11.0. The second-order valence-corrected chi connectivity index (χ2v) is 12.4. The number of benzene rings is 2. The highest BCUT2D eigenvalue weighted by Crippen LogP contribution is 2.44. The monoisotopic (exact) mass is 573 g/mol. The molecule has 224 valence electrons. The average Bonchev–Trinajstić information content (AvgIpc) is 2.89. The average molecular weight is 574 g/mol. The van der Waals surface area contributed by atoms with Crippen molar-refractivity contribution in [2.45, 2.75) is 96.3 Å². The summed E-state index contributed by atoms with van der Waals surface area (Å²) < 4.78 is 45.1. The first-order chi connectivity index (χ1) is 19.1. The van der Waals surface area contributed by atoms with Gasteiger partial charge in [0, 0.05) is 24.9 Å². The highest BCUT2D eigenvalue weighted by molar-refractivity contribution is 5.94. The van der Waals surface area contributed by atoms with E-state index in [-0.39, 0.29) is 42.6 Å². The molecule has 0 aromatic heterocycles. The lowest BCUT2D eigenvalue weighted by Gasteiger charge is -2.40. The largest absolute Gasteiger partial charge is 0.490 e. The van der Waals surface area contributed by atoms with Crippen LogP contribution in [0.1, 0.15) is 106 Å². The van der Waals surface area contributed by atoms with Crippen LogP contribution in [0, 0.1) is 5.92 Å². The van der Waals surface area contributed by atoms with E-state index < -0.39 is 30.6 Å². The molecule has 0 radical (unpaired) electrons. The van der Waals surface area contributed by atoms with Crippen LogP contribution in [0.25, 0.3) is 0 Å². The first-order valence-corrected chi connectivity index (χ1v) is 14.2. The molecule has 2 N–H and O–H groups in total. The molecule has 0 spiro atoms. The number of amides is 1. The molecule has 1 aliphatic carbocycles. The number of hydrogen-bond acceptors (Lipinski definition) is 3. The van der Waals surface area contributed by atoms with Gasteiger partial charge in [0.05, 0.1) is 12.2 Å². The Morgan fingerprint density at radius 2 is 1.71 bits per heavy atom. The Hall–Kier alpha value is -3.29. The molecule has 0 saturated heterocycles. The van der Waals surface area contributed by atoms with Gasteiger partial charge >= 0.3 is 12.1 Å². The number of nitrogens with one attached hydrogen (secondary N) is 1. The van der Waals surface area contributed by atoms with E-state index >= 15 is 0 Å². The highest BCUT2D eigenvalue weighted by Gasteiger charge is 2.37. The third-order valence-corrected chi connectivity index (χ3v) is 8.15. The second kappa shape index (κ2) is 13.1. The van der Waals surface area contributed by atoms with E-state index in [0.29, 0.717) is 17.5 Å². The zero-order valence-electron chi connectivity index (χ0n) is 24.6. The fourth-order valence-corrected chi connectivity index (χ4v) is 5.19. The number of carbonyl (C=O) groups excluding carboxylic acids is 1. The molecule has 0 bridgehead atoms. The van der Waals surface area contributed by atoms with Gasteiger partial charge in [-0.1, -0.05) is 71.0 Å². The van der Waals surface area contributed by atoms with Gasteiger partial charge in [0.25, 0.3) is 5.91 Å². The minimum Gasteiger partial charge on any atom is -0.490 e. The number of rotatable bonds is 11. The van der Waals surface area contributed by atoms with Crippen LogP contribution in [-0.2, 0) is 20.4 Å². The minimum atomic E-state index is -4.24. The van der Waals surface area contributed by atoms with Crippen molar-refractivity contribution < 1.29 is 32.6 Å². The maximum absolute atomic E-state index is 12.9.